The van der Waals surface area contributed by atoms with E-state index in [-0.39, 0.29) is 30.4 Å². The van der Waals surface area contributed by atoms with E-state index >= 15 is 0 Å². The van der Waals surface area contributed by atoms with Crippen LogP contribution in [0.1, 0.15) is 25.7 Å². The number of aliphatic hydroxyl groups is 1. The SMILES string of the molecule is COC(=O)C1CCN(C(=O)CN2CCC[C@@H]2CO)CC1. The second-order valence-electron chi connectivity index (χ2n) is 5.63. The van der Waals surface area contributed by atoms with Gasteiger partial charge < -0.3 is 14.7 Å². The van der Waals surface area contributed by atoms with Crippen molar-refractivity contribution in [3.63, 3.8) is 0 Å². The van der Waals surface area contributed by atoms with Gasteiger partial charge in [-0.25, -0.2) is 0 Å². The first-order valence-electron chi connectivity index (χ1n) is 7.36. The molecule has 1 N–H and O–H groups in total. The van der Waals surface area contributed by atoms with Crippen LogP contribution in [0.5, 0.6) is 0 Å². The summed E-state index contributed by atoms with van der Waals surface area (Å²) in [5.41, 5.74) is 0. The van der Waals surface area contributed by atoms with Crippen LogP contribution in [0.25, 0.3) is 0 Å². The Morgan fingerprint density at radius 1 is 1.20 bits per heavy atom. The van der Waals surface area contributed by atoms with E-state index in [1.807, 2.05) is 4.90 Å². The first-order chi connectivity index (χ1) is 9.65. The Morgan fingerprint density at radius 3 is 2.50 bits per heavy atom. The lowest BCUT2D eigenvalue weighted by atomic mass is 9.97. The van der Waals surface area contributed by atoms with Crippen molar-refractivity contribution in [3.05, 3.63) is 0 Å². The van der Waals surface area contributed by atoms with Gasteiger partial charge in [0.15, 0.2) is 0 Å². The van der Waals surface area contributed by atoms with Gasteiger partial charge in [0.1, 0.15) is 0 Å². The number of piperidine rings is 1. The van der Waals surface area contributed by atoms with Gasteiger partial charge in [-0.2, -0.15) is 0 Å². The van der Waals surface area contributed by atoms with Crippen LogP contribution in [-0.4, -0.2) is 72.7 Å². The molecule has 1 atom stereocenters. The molecule has 2 aliphatic heterocycles. The van der Waals surface area contributed by atoms with Gasteiger partial charge in [0, 0.05) is 19.1 Å². The number of esters is 1. The number of carbonyl (C=O) groups excluding carboxylic acids is 2. The van der Waals surface area contributed by atoms with E-state index in [4.69, 9.17) is 4.74 Å². The van der Waals surface area contributed by atoms with E-state index < -0.39 is 0 Å². The van der Waals surface area contributed by atoms with Crippen molar-refractivity contribution in [1.82, 2.24) is 9.80 Å². The fourth-order valence-electron chi connectivity index (χ4n) is 3.12. The molecule has 0 aromatic heterocycles. The number of carbonyl (C=O) groups is 2. The molecular formula is C14H24N2O4. The molecule has 2 heterocycles. The quantitative estimate of drug-likeness (QED) is 0.727. The van der Waals surface area contributed by atoms with E-state index in [1.54, 1.807) is 0 Å². The molecule has 6 heteroatoms. The zero-order chi connectivity index (χ0) is 14.5. The molecule has 2 aliphatic rings. The number of hydrogen-bond donors (Lipinski definition) is 1. The van der Waals surface area contributed by atoms with Crippen molar-refractivity contribution >= 4 is 11.9 Å². The molecule has 0 aromatic carbocycles. The van der Waals surface area contributed by atoms with Gasteiger partial charge in [-0.15, -0.1) is 0 Å². The lowest BCUT2D eigenvalue weighted by Gasteiger charge is -2.32. The van der Waals surface area contributed by atoms with Crippen molar-refractivity contribution in [2.24, 2.45) is 5.92 Å². The zero-order valence-corrected chi connectivity index (χ0v) is 12.1. The fourth-order valence-corrected chi connectivity index (χ4v) is 3.12. The summed E-state index contributed by atoms with van der Waals surface area (Å²) < 4.78 is 4.74. The number of likely N-dealkylation sites (tertiary alicyclic amines) is 2. The molecule has 0 aliphatic carbocycles. The van der Waals surface area contributed by atoms with Crippen LogP contribution in [0.3, 0.4) is 0 Å². The molecule has 0 bridgehead atoms. The Balaban J connectivity index is 1.78. The lowest BCUT2D eigenvalue weighted by molar-refractivity contribution is -0.149. The first kappa shape index (κ1) is 15.3. The van der Waals surface area contributed by atoms with Gasteiger partial charge in [-0.1, -0.05) is 0 Å². The smallest absolute Gasteiger partial charge is 0.308 e. The minimum Gasteiger partial charge on any atom is -0.469 e. The standard InChI is InChI=1S/C14H24N2O4/c1-20-14(19)11-4-7-15(8-5-11)13(18)9-16-6-2-3-12(16)10-17/h11-12,17H,2-10H2,1H3/t12-/m1/s1. The maximum atomic E-state index is 12.2. The van der Waals surface area contributed by atoms with Gasteiger partial charge in [-0.3, -0.25) is 14.5 Å². The van der Waals surface area contributed by atoms with E-state index in [2.05, 4.69) is 4.90 Å². The summed E-state index contributed by atoms with van der Waals surface area (Å²) in [6.07, 6.45) is 3.38. The van der Waals surface area contributed by atoms with E-state index in [9.17, 15) is 14.7 Å². The average molecular weight is 284 g/mol. The Morgan fingerprint density at radius 2 is 1.90 bits per heavy atom. The largest absolute Gasteiger partial charge is 0.469 e. The van der Waals surface area contributed by atoms with Crippen molar-refractivity contribution in [2.75, 3.05) is 39.9 Å². The Hall–Kier alpha value is -1.14. The maximum Gasteiger partial charge on any atom is 0.308 e. The molecule has 0 unspecified atom stereocenters. The molecule has 2 fully saturated rings. The first-order valence-corrected chi connectivity index (χ1v) is 7.36. The molecule has 20 heavy (non-hydrogen) atoms. The molecule has 6 nitrogen and oxygen atoms in total. The van der Waals surface area contributed by atoms with Crippen LogP contribution in [0, 0.1) is 5.92 Å². The van der Waals surface area contributed by atoms with Gasteiger partial charge in [-0.05, 0) is 32.2 Å². The molecule has 114 valence electrons. The second-order valence-corrected chi connectivity index (χ2v) is 5.63. The number of hydrogen-bond acceptors (Lipinski definition) is 5. The van der Waals surface area contributed by atoms with Crippen LogP contribution in [0.4, 0.5) is 0 Å². The van der Waals surface area contributed by atoms with E-state index in [0.29, 0.717) is 32.5 Å². The van der Waals surface area contributed by atoms with Crippen LogP contribution in [0.15, 0.2) is 0 Å². The third-order valence-electron chi connectivity index (χ3n) is 4.43. The topological polar surface area (TPSA) is 70.1 Å². The molecule has 1 amide bonds. The third-order valence-corrected chi connectivity index (χ3v) is 4.43. The molecule has 0 saturated carbocycles. The number of ether oxygens (including phenoxy) is 1. The highest BCUT2D eigenvalue weighted by atomic mass is 16.5. The summed E-state index contributed by atoms with van der Waals surface area (Å²) in [7, 11) is 1.41. The number of methoxy groups -OCH3 is 1. The second kappa shape index (κ2) is 7.04. The molecule has 2 saturated heterocycles. The fraction of sp³-hybridized carbons (Fsp3) is 0.857. The number of rotatable bonds is 4. The minimum atomic E-state index is -0.169. The van der Waals surface area contributed by atoms with Crippen LogP contribution in [-0.2, 0) is 14.3 Å². The predicted octanol–water partition coefficient (Wildman–Crippen LogP) is -0.145. The number of amides is 1. The van der Waals surface area contributed by atoms with Crippen LogP contribution < -0.4 is 0 Å². The molecule has 0 radical (unpaired) electrons. The number of nitrogens with zero attached hydrogens (tertiary/aromatic N) is 2. The van der Waals surface area contributed by atoms with Gasteiger partial charge >= 0.3 is 5.97 Å². The highest BCUT2D eigenvalue weighted by Gasteiger charge is 2.31. The Labute approximate surface area is 119 Å². The van der Waals surface area contributed by atoms with Crippen LogP contribution >= 0.6 is 0 Å². The van der Waals surface area contributed by atoms with Crippen LogP contribution in [0.2, 0.25) is 0 Å². The summed E-state index contributed by atoms with van der Waals surface area (Å²) in [4.78, 5) is 27.6. The van der Waals surface area contributed by atoms with Crippen molar-refractivity contribution in [3.8, 4) is 0 Å². The van der Waals surface area contributed by atoms with Gasteiger partial charge in [0.2, 0.25) is 5.91 Å². The Kier molecular flexibility index (Phi) is 5.37. The molecule has 0 spiro atoms. The summed E-state index contributed by atoms with van der Waals surface area (Å²) >= 11 is 0. The van der Waals surface area contributed by atoms with Gasteiger partial charge in [0.25, 0.3) is 0 Å². The van der Waals surface area contributed by atoms with Gasteiger partial charge in [0.05, 0.1) is 26.2 Å². The third kappa shape index (κ3) is 3.49. The summed E-state index contributed by atoms with van der Waals surface area (Å²) in [6, 6.07) is 0.131. The van der Waals surface area contributed by atoms with Crippen molar-refractivity contribution < 1.29 is 19.4 Å². The zero-order valence-electron chi connectivity index (χ0n) is 12.1. The normalized spacial score (nSPS) is 24.9. The predicted molar refractivity (Wildman–Crippen MR) is 73.0 cm³/mol. The lowest BCUT2D eigenvalue weighted by Crippen LogP contribution is -2.46. The highest BCUT2D eigenvalue weighted by molar-refractivity contribution is 5.79. The van der Waals surface area contributed by atoms with E-state index in [0.717, 1.165) is 19.4 Å². The summed E-state index contributed by atoms with van der Waals surface area (Å²) in [5.74, 6) is -0.133. The minimum absolute atomic E-state index is 0.0685. The summed E-state index contributed by atoms with van der Waals surface area (Å²) in [5, 5.41) is 9.26. The van der Waals surface area contributed by atoms with E-state index in [1.165, 1.54) is 7.11 Å². The highest BCUT2D eigenvalue weighted by Crippen LogP contribution is 2.20. The summed E-state index contributed by atoms with van der Waals surface area (Å²) in [6.45, 7) is 2.63. The number of aliphatic hydroxyl groups excluding tert-OH is 1. The average Bonchev–Trinajstić information content (AvgIpc) is 2.93. The molecule has 2 rings (SSSR count). The van der Waals surface area contributed by atoms with Crippen molar-refractivity contribution in [2.45, 2.75) is 31.7 Å². The molecule has 0 aromatic rings. The Bertz CT molecular complexity index is 353. The maximum absolute atomic E-state index is 12.2. The van der Waals surface area contributed by atoms with Crippen molar-refractivity contribution in [1.29, 1.82) is 0 Å². The monoisotopic (exact) mass is 284 g/mol. The molecular weight excluding hydrogens is 260 g/mol.